The third-order valence-corrected chi connectivity index (χ3v) is 12.1. The van der Waals surface area contributed by atoms with Crippen molar-refractivity contribution in [3.8, 4) is 45.3 Å². The van der Waals surface area contributed by atoms with Gasteiger partial charge in [0.05, 0.1) is 0 Å². The van der Waals surface area contributed by atoms with Crippen LogP contribution in [-0.4, -0.2) is 15.0 Å². The summed E-state index contributed by atoms with van der Waals surface area (Å²) in [6.07, 6.45) is 0. The van der Waals surface area contributed by atoms with Crippen molar-refractivity contribution in [1.29, 1.82) is 0 Å². The molecule has 5 heteroatoms. The number of benzene rings is 9. The normalized spacial score (nSPS) is 11.4. The second-order valence-corrected chi connectivity index (χ2v) is 15.5. The lowest BCUT2D eigenvalue weighted by Crippen LogP contribution is -2.09. The van der Waals surface area contributed by atoms with Gasteiger partial charge in [0.25, 0.3) is 0 Å². The van der Waals surface area contributed by atoms with E-state index in [4.69, 9.17) is 15.0 Å². The van der Waals surface area contributed by atoms with Crippen molar-refractivity contribution in [2.24, 2.45) is 0 Å². The molecule has 0 aliphatic rings. The molecule has 0 aliphatic carbocycles. The summed E-state index contributed by atoms with van der Waals surface area (Å²) >= 11 is 1.84. The van der Waals surface area contributed by atoms with Crippen molar-refractivity contribution >= 4 is 70.1 Å². The molecule has 9 aromatic carbocycles. The van der Waals surface area contributed by atoms with E-state index in [-0.39, 0.29) is 0 Å². The van der Waals surface area contributed by atoms with Crippen LogP contribution in [0.1, 0.15) is 0 Å². The van der Waals surface area contributed by atoms with Crippen molar-refractivity contribution in [3.63, 3.8) is 0 Å². The van der Waals surface area contributed by atoms with Crippen molar-refractivity contribution in [3.05, 3.63) is 206 Å². The molecular weight excluding hydrogens is 725 g/mol. The smallest absolute Gasteiger partial charge is 0.164 e. The Hall–Kier alpha value is -7.47. The zero-order valence-electron chi connectivity index (χ0n) is 31.3. The number of hydrogen-bond acceptors (Lipinski definition) is 5. The van der Waals surface area contributed by atoms with E-state index < -0.39 is 0 Å². The molecule has 0 spiro atoms. The molecule has 0 unspecified atom stereocenters. The molecule has 272 valence electrons. The van der Waals surface area contributed by atoms with Gasteiger partial charge >= 0.3 is 0 Å². The fourth-order valence-electron chi connectivity index (χ4n) is 8.04. The predicted octanol–water partition coefficient (Wildman–Crippen LogP) is 14.7. The molecular formula is C53H34N4S. The highest BCUT2D eigenvalue weighted by Crippen LogP contribution is 2.44. The van der Waals surface area contributed by atoms with E-state index in [1.54, 1.807) is 0 Å². The minimum Gasteiger partial charge on any atom is -0.311 e. The third-order valence-electron chi connectivity index (χ3n) is 10.9. The SMILES string of the molecule is c1ccc(-c2nc(-c3ccc4ccccc4c3)nc(-c3cc4c5ccccc5sc4c4cc(-c5ccc(N(c6ccccc6)c6ccccc6)cc5)ccc34)n2)cc1. The summed E-state index contributed by atoms with van der Waals surface area (Å²) in [6.45, 7) is 0. The summed E-state index contributed by atoms with van der Waals surface area (Å²) in [5.41, 5.74) is 8.51. The lowest BCUT2D eigenvalue weighted by molar-refractivity contribution is 1.08. The van der Waals surface area contributed by atoms with Gasteiger partial charge in [0.15, 0.2) is 17.5 Å². The molecule has 11 rings (SSSR count). The number of anilines is 3. The molecule has 2 heterocycles. The van der Waals surface area contributed by atoms with Gasteiger partial charge in [-0.3, -0.25) is 0 Å². The van der Waals surface area contributed by atoms with Gasteiger partial charge in [-0.15, -0.1) is 11.3 Å². The van der Waals surface area contributed by atoms with E-state index in [2.05, 4.69) is 193 Å². The Morgan fingerprint density at radius 3 is 1.62 bits per heavy atom. The number of hydrogen-bond donors (Lipinski definition) is 0. The highest BCUT2D eigenvalue weighted by atomic mass is 32.1. The Bertz CT molecular complexity index is 3230. The van der Waals surface area contributed by atoms with Crippen LogP contribution in [-0.2, 0) is 0 Å². The van der Waals surface area contributed by atoms with Crippen molar-refractivity contribution in [1.82, 2.24) is 15.0 Å². The van der Waals surface area contributed by atoms with Crippen molar-refractivity contribution < 1.29 is 0 Å². The Kier molecular flexibility index (Phi) is 8.30. The van der Waals surface area contributed by atoms with Gasteiger partial charge in [0.2, 0.25) is 0 Å². The zero-order valence-corrected chi connectivity index (χ0v) is 32.1. The van der Waals surface area contributed by atoms with E-state index in [0.717, 1.165) is 55.7 Å². The first kappa shape index (κ1) is 33.8. The van der Waals surface area contributed by atoms with Gasteiger partial charge in [0.1, 0.15) is 0 Å². The Morgan fingerprint density at radius 2 is 0.879 bits per heavy atom. The van der Waals surface area contributed by atoms with Crippen LogP contribution in [0.4, 0.5) is 17.1 Å². The van der Waals surface area contributed by atoms with Gasteiger partial charge in [-0.1, -0.05) is 146 Å². The first-order valence-electron chi connectivity index (χ1n) is 19.4. The van der Waals surface area contributed by atoms with Crippen LogP contribution in [0, 0.1) is 0 Å². The van der Waals surface area contributed by atoms with E-state index in [0.29, 0.717) is 17.5 Å². The van der Waals surface area contributed by atoms with Crippen LogP contribution in [0.25, 0.3) is 87.0 Å². The van der Waals surface area contributed by atoms with E-state index in [9.17, 15) is 0 Å². The summed E-state index contributed by atoms with van der Waals surface area (Å²) in [5, 5.41) is 7.04. The van der Waals surface area contributed by atoms with Crippen LogP contribution in [0.2, 0.25) is 0 Å². The largest absolute Gasteiger partial charge is 0.311 e. The number of thiophene rings is 1. The molecule has 0 fully saturated rings. The average Bonchev–Trinajstić information content (AvgIpc) is 3.68. The maximum atomic E-state index is 5.26. The van der Waals surface area contributed by atoms with E-state index in [1.807, 2.05) is 29.5 Å². The van der Waals surface area contributed by atoms with Crippen LogP contribution >= 0.6 is 11.3 Å². The molecule has 0 N–H and O–H groups in total. The quantitative estimate of drug-likeness (QED) is 0.162. The highest BCUT2D eigenvalue weighted by molar-refractivity contribution is 7.26. The predicted molar refractivity (Wildman–Crippen MR) is 244 cm³/mol. The number of para-hydroxylation sites is 2. The second kappa shape index (κ2) is 14.2. The zero-order chi connectivity index (χ0) is 38.4. The minimum absolute atomic E-state index is 0.647. The first-order valence-corrected chi connectivity index (χ1v) is 20.2. The van der Waals surface area contributed by atoms with E-state index >= 15 is 0 Å². The Morgan fingerprint density at radius 1 is 0.328 bits per heavy atom. The maximum absolute atomic E-state index is 5.26. The lowest BCUT2D eigenvalue weighted by atomic mass is 9.95. The molecule has 0 aliphatic heterocycles. The lowest BCUT2D eigenvalue weighted by Gasteiger charge is -2.25. The van der Waals surface area contributed by atoms with Gasteiger partial charge in [0, 0.05) is 59.3 Å². The maximum Gasteiger partial charge on any atom is 0.164 e. The molecule has 0 amide bonds. The number of rotatable bonds is 7. The summed E-state index contributed by atoms with van der Waals surface area (Å²) in [4.78, 5) is 17.8. The van der Waals surface area contributed by atoms with Gasteiger partial charge < -0.3 is 4.90 Å². The highest BCUT2D eigenvalue weighted by Gasteiger charge is 2.19. The minimum atomic E-state index is 0.647. The van der Waals surface area contributed by atoms with Crippen molar-refractivity contribution in [2.75, 3.05) is 4.90 Å². The van der Waals surface area contributed by atoms with Gasteiger partial charge in [-0.2, -0.15) is 0 Å². The molecule has 58 heavy (non-hydrogen) atoms. The molecule has 11 aromatic rings. The topological polar surface area (TPSA) is 41.9 Å². The van der Waals surface area contributed by atoms with Gasteiger partial charge in [-0.05, 0) is 87.9 Å². The summed E-state index contributed by atoms with van der Waals surface area (Å²) in [7, 11) is 0. The summed E-state index contributed by atoms with van der Waals surface area (Å²) < 4.78 is 2.51. The summed E-state index contributed by atoms with van der Waals surface area (Å²) in [5.74, 6) is 1.95. The second-order valence-electron chi connectivity index (χ2n) is 14.4. The molecule has 2 aromatic heterocycles. The molecule has 0 saturated carbocycles. The average molecular weight is 759 g/mol. The number of fused-ring (bicyclic) bond motifs is 6. The molecule has 0 bridgehead atoms. The Balaban J connectivity index is 1.09. The number of aromatic nitrogens is 3. The molecule has 0 saturated heterocycles. The van der Waals surface area contributed by atoms with Crippen LogP contribution in [0.5, 0.6) is 0 Å². The Labute approximate surface area is 340 Å². The fraction of sp³-hybridized carbons (Fsp3) is 0. The monoisotopic (exact) mass is 758 g/mol. The number of nitrogens with zero attached hydrogens (tertiary/aromatic N) is 4. The first-order chi connectivity index (χ1) is 28.7. The molecule has 0 radical (unpaired) electrons. The third kappa shape index (κ3) is 6.06. The summed E-state index contributed by atoms with van der Waals surface area (Å²) in [6, 6.07) is 72.8. The van der Waals surface area contributed by atoms with Crippen molar-refractivity contribution in [2.45, 2.75) is 0 Å². The standard InChI is InChI=1S/C53H34N4S/c1-4-15-37(16-5-1)51-54-52(40-25-24-35-14-10-11-17-38(35)32-40)56-53(55-51)48-34-47-45-22-12-13-23-49(45)58-50(47)46-33-39(28-31-44(46)48)36-26-29-43(30-27-36)57(41-18-6-2-7-19-41)42-20-8-3-9-21-42/h1-34H. The van der Waals surface area contributed by atoms with Crippen LogP contribution in [0.3, 0.4) is 0 Å². The van der Waals surface area contributed by atoms with E-state index in [1.165, 1.54) is 30.9 Å². The van der Waals surface area contributed by atoms with Crippen LogP contribution < -0.4 is 4.90 Å². The molecule has 0 atom stereocenters. The van der Waals surface area contributed by atoms with Gasteiger partial charge in [-0.25, -0.2) is 15.0 Å². The fourth-order valence-corrected chi connectivity index (χ4v) is 9.25. The molecule has 4 nitrogen and oxygen atoms in total. The van der Waals surface area contributed by atoms with Crippen LogP contribution in [0.15, 0.2) is 206 Å².